The van der Waals surface area contributed by atoms with Crippen molar-refractivity contribution in [3.05, 3.63) is 52.8 Å². The van der Waals surface area contributed by atoms with Gasteiger partial charge in [0, 0.05) is 11.6 Å². The van der Waals surface area contributed by atoms with Crippen molar-refractivity contribution in [1.82, 2.24) is 0 Å². The molecule has 0 aliphatic heterocycles. The van der Waals surface area contributed by atoms with Crippen LogP contribution in [0.25, 0.3) is 0 Å². The Labute approximate surface area is 124 Å². The number of methoxy groups -OCH3 is 1. The van der Waals surface area contributed by atoms with Crippen LogP contribution in [0.15, 0.2) is 30.3 Å². The quantitative estimate of drug-likeness (QED) is 0.914. The molecule has 0 spiro atoms. The monoisotopic (exact) mass is 289 g/mol. The molecule has 0 aliphatic rings. The van der Waals surface area contributed by atoms with E-state index in [1.165, 1.54) is 6.07 Å². The number of halogens is 1. The van der Waals surface area contributed by atoms with Gasteiger partial charge in [0.25, 0.3) is 0 Å². The summed E-state index contributed by atoms with van der Waals surface area (Å²) in [4.78, 5) is 0. The van der Waals surface area contributed by atoms with Gasteiger partial charge in [-0.1, -0.05) is 6.07 Å². The predicted molar refractivity (Wildman–Crippen MR) is 81.5 cm³/mol. The van der Waals surface area contributed by atoms with E-state index in [9.17, 15) is 4.39 Å². The summed E-state index contributed by atoms with van der Waals surface area (Å²) >= 11 is 0. The Hall–Kier alpha value is -2.07. The minimum Gasteiger partial charge on any atom is -0.493 e. The van der Waals surface area contributed by atoms with E-state index >= 15 is 0 Å². The molecule has 2 aromatic rings. The molecule has 2 aromatic carbocycles. The van der Waals surface area contributed by atoms with Gasteiger partial charge in [-0.15, -0.1) is 0 Å². The number of aryl methyl sites for hydroxylation is 2. The number of hydrogen-bond donors (Lipinski definition) is 1. The molecule has 0 radical (unpaired) electrons. The Morgan fingerprint density at radius 3 is 2.38 bits per heavy atom. The highest BCUT2D eigenvalue weighted by Gasteiger charge is 2.14. The predicted octanol–water partition coefficient (Wildman–Crippen LogP) is 4.26. The van der Waals surface area contributed by atoms with E-state index in [0.717, 1.165) is 5.56 Å². The second-order valence-electron chi connectivity index (χ2n) is 5.18. The fraction of sp³-hybridized carbons (Fsp3) is 0.294. The molecule has 0 bridgehead atoms. The molecule has 2 rings (SSSR count). The molecule has 2 N–H and O–H groups in total. The van der Waals surface area contributed by atoms with Gasteiger partial charge in [-0.3, -0.25) is 0 Å². The number of benzene rings is 2. The zero-order valence-electron chi connectivity index (χ0n) is 12.7. The van der Waals surface area contributed by atoms with Crippen LogP contribution in [0.4, 0.5) is 4.39 Å². The van der Waals surface area contributed by atoms with Crippen molar-refractivity contribution in [3.63, 3.8) is 0 Å². The van der Waals surface area contributed by atoms with Crippen molar-refractivity contribution >= 4 is 0 Å². The van der Waals surface area contributed by atoms with Crippen LogP contribution in [0, 0.1) is 19.7 Å². The largest absolute Gasteiger partial charge is 0.493 e. The molecule has 0 fully saturated rings. The standard InChI is InChI=1S/C17H20FNO2/c1-10-5-6-15(17(7-10)20-4)21-16-8-11(2)14(18)9-13(16)12(3)19/h5-9,12H,19H2,1-4H3/t12-/m0/s1. The first-order valence-corrected chi connectivity index (χ1v) is 6.80. The van der Waals surface area contributed by atoms with E-state index < -0.39 is 0 Å². The highest BCUT2D eigenvalue weighted by atomic mass is 19.1. The summed E-state index contributed by atoms with van der Waals surface area (Å²) < 4.78 is 25.0. The SMILES string of the molecule is COc1cc(C)ccc1Oc1cc(C)c(F)cc1[C@H](C)N. The molecule has 0 aliphatic carbocycles. The number of hydrogen-bond acceptors (Lipinski definition) is 3. The van der Waals surface area contributed by atoms with Gasteiger partial charge in [0.15, 0.2) is 11.5 Å². The average Bonchev–Trinajstić information content (AvgIpc) is 2.44. The number of ether oxygens (including phenoxy) is 2. The molecule has 0 aromatic heterocycles. The van der Waals surface area contributed by atoms with E-state index in [1.54, 1.807) is 27.0 Å². The third-order valence-electron chi connectivity index (χ3n) is 3.32. The molecule has 112 valence electrons. The van der Waals surface area contributed by atoms with Gasteiger partial charge in [0.2, 0.25) is 0 Å². The molecular weight excluding hydrogens is 269 g/mol. The van der Waals surface area contributed by atoms with Crippen molar-refractivity contribution < 1.29 is 13.9 Å². The fourth-order valence-corrected chi connectivity index (χ4v) is 2.09. The first-order valence-electron chi connectivity index (χ1n) is 6.80. The van der Waals surface area contributed by atoms with Crippen LogP contribution in [0.3, 0.4) is 0 Å². The summed E-state index contributed by atoms with van der Waals surface area (Å²) in [6.07, 6.45) is 0. The zero-order chi connectivity index (χ0) is 15.6. The van der Waals surface area contributed by atoms with E-state index in [1.807, 2.05) is 25.1 Å². The highest BCUT2D eigenvalue weighted by Crippen LogP contribution is 2.36. The summed E-state index contributed by atoms with van der Waals surface area (Å²) in [5, 5.41) is 0. The molecule has 0 heterocycles. The van der Waals surface area contributed by atoms with Gasteiger partial charge in [0.1, 0.15) is 11.6 Å². The molecule has 1 atom stereocenters. The average molecular weight is 289 g/mol. The highest BCUT2D eigenvalue weighted by molar-refractivity contribution is 5.48. The Morgan fingerprint density at radius 2 is 1.76 bits per heavy atom. The topological polar surface area (TPSA) is 44.5 Å². The van der Waals surface area contributed by atoms with Crippen LogP contribution >= 0.6 is 0 Å². The van der Waals surface area contributed by atoms with Crippen LogP contribution in [0.5, 0.6) is 17.2 Å². The first-order chi connectivity index (χ1) is 9.92. The third kappa shape index (κ3) is 3.34. The number of rotatable bonds is 4. The van der Waals surface area contributed by atoms with E-state index in [4.69, 9.17) is 15.2 Å². The Morgan fingerprint density at radius 1 is 1.05 bits per heavy atom. The van der Waals surface area contributed by atoms with Crippen molar-refractivity contribution in [1.29, 1.82) is 0 Å². The normalized spacial score (nSPS) is 12.1. The van der Waals surface area contributed by atoms with Crippen LogP contribution < -0.4 is 15.2 Å². The van der Waals surface area contributed by atoms with Crippen molar-refractivity contribution in [2.24, 2.45) is 5.73 Å². The molecule has 4 heteroatoms. The smallest absolute Gasteiger partial charge is 0.169 e. The summed E-state index contributed by atoms with van der Waals surface area (Å²) in [5.41, 5.74) is 8.12. The third-order valence-corrected chi connectivity index (χ3v) is 3.32. The summed E-state index contributed by atoms with van der Waals surface area (Å²) in [6, 6.07) is 8.41. The van der Waals surface area contributed by atoms with Crippen molar-refractivity contribution in [2.45, 2.75) is 26.8 Å². The molecule has 0 unspecified atom stereocenters. The maximum Gasteiger partial charge on any atom is 0.169 e. The van der Waals surface area contributed by atoms with Crippen LogP contribution in [-0.2, 0) is 0 Å². The lowest BCUT2D eigenvalue weighted by Gasteiger charge is -2.17. The Bertz CT molecular complexity index is 653. The van der Waals surface area contributed by atoms with E-state index in [2.05, 4.69) is 0 Å². The van der Waals surface area contributed by atoms with Gasteiger partial charge in [0.05, 0.1) is 7.11 Å². The van der Waals surface area contributed by atoms with E-state index in [0.29, 0.717) is 28.4 Å². The summed E-state index contributed by atoms with van der Waals surface area (Å²) in [5.74, 6) is 1.47. The fourth-order valence-electron chi connectivity index (χ4n) is 2.09. The van der Waals surface area contributed by atoms with Gasteiger partial charge in [-0.2, -0.15) is 0 Å². The lowest BCUT2D eigenvalue weighted by atomic mass is 10.0. The maximum absolute atomic E-state index is 13.7. The van der Waals surface area contributed by atoms with Crippen LogP contribution in [0.2, 0.25) is 0 Å². The Balaban J connectivity index is 2.46. The molecule has 0 amide bonds. The summed E-state index contributed by atoms with van der Waals surface area (Å²) in [6.45, 7) is 5.46. The molecule has 21 heavy (non-hydrogen) atoms. The maximum atomic E-state index is 13.7. The summed E-state index contributed by atoms with van der Waals surface area (Å²) in [7, 11) is 1.59. The van der Waals surface area contributed by atoms with Crippen LogP contribution in [-0.4, -0.2) is 7.11 Å². The van der Waals surface area contributed by atoms with Crippen molar-refractivity contribution in [3.8, 4) is 17.2 Å². The van der Waals surface area contributed by atoms with Crippen LogP contribution in [0.1, 0.15) is 29.7 Å². The van der Waals surface area contributed by atoms with Gasteiger partial charge >= 0.3 is 0 Å². The Kier molecular flexibility index (Phi) is 4.48. The second-order valence-corrected chi connectivity index (χ2v) is 5.18. The minimum atomic E-state index is -0.327. The zero-order valence-corrected chi connectivity index (χ0v) is 12.7. The van der Waals surface area contributed by atoms with Crippen molar-refractivity contribution in [2.75, 3.05) is 7.11 Å². The molecular formula is C17H20FNO2. The second kappa shape index (κ2) is 6.14. The number of nitrogens with two attached hydrogens (primary N) is 1. The molecule has 0 saturated heterocycles. The van der Waals surface area contributed by atoms with E-state index in [-0.39, 0.29) is 11.9 Å². The minimum absolute atomic E-state index is 0.287. The lowest BCUT2D eigenvalue weighted by molar-refractivity contribution is 0.376. The van der Waals surface area contributed by atoms with Gasteiger partial charge < -0.3 is 15.2 Å². The van der Waals surface area contributed by atoms with Gasteiger partial charge in [-0.05, 0) is 56.2 Å². The molecule has 0 saturated carbocycles. The molecule has 3 nitrogen and oxygen atoms in total. The van der Waals surface area contributed by atoms with Gasteiger partial charge in [-0.25, -0.2) is 4.39 Å². The first kappa shape index (κ1) is 15.3. The lowest BCUT2D eigenvalue weighted by Crippen LogP contribution is -2.08.